The fourth-order valence-corrected chi connectivity index (χ4v) is 3.16. The van der Waals surface area contributed by atoms with Crippen molar-refractivity contribution >= 4 is 40.5 Å². The van der Waals surface area contributed by atoms with Crippen molar-refractivity contribution in [2.45, 2.75) is 13.3 Å². The van der Waals surface area contributed by atoms with E-state index in [-0.39, 0.29) is 35.7 Å². The molecule has 1 atom stereocenters. The number of thiocarbonyl (C=S) groups is 1. The highest BCUT2D eigenvalue weighted by atomic mass is 32.1. The number of para-hydroxylation sites is 2. The summed E-state index contributed by atoms with van der Waals surface area (Å²) in [6.07, 6.45) is 0.0894. The Bertz CT molecular complexity index is 907. The van der Waals surface area contributed by atoms with Gasteiger partial charge in [-0.15, -0.1) is 0 Å². The SMILES string of the molecule is CCOc1ccccc1N1C[C@@H](C(=O)NNC(=S)Nc2ccc(F)cc2)CC1=O. The molecule has 1 heterocycles. The number of rotatable bonds is 5. The third-order valence-electron chi connectivity index (χ3n) is 4.35. The average Bonchev–Trinajstić information content (AvgIpc) is 3.10. The first-order valence-corrected chi connectivity index (χ1v) is 9.53. The molecule has 29 heavy (non-hydrogen) atoms. The van der Waals surface area contributed by atoms with Gasteiger partial charge in [0.2, 0.25) is 11.8 Å². The summed E-state index contributed by atoms with van der Waals surface area (Å²) in [4.78, 5) is 26.5. The molecule has 1 aliphatic rings. The minimum absolute atomic E-state index is 0.0894. The topological polar surface area (TPSA) is 82.7 Å². The Morgan fingerprint density at radius 2 is 1.93 bits per heavy atom. The summed E-state index contributed by atoms with van der Waals surface area (Å²) in [5, 5.41) is 2.97. The average molecular weight is 416 g/mol. The van der Waals surface area contributed by atoms with Crippen LogP contribution in [-0.2, 0) is 9.59 Å². The highest BCUT2D eigenvalue weighted by Gasteiger charge is 2.36. The molecule has 0 spiro atoms. The quantitative estimate of drug-likeness (QED) is 0.513. The Morgan fingerprint density at radius 1 is 1.21 bits per heavy atom. The van der Waals surface area contributed by atoms with E-state index in [1.165, 1.54) is 24.3 Å². The molecule has 9 heteroatoms. The number of hydrogen-bond acceptors (Lipinski definition) is 4. The van der Waals surface area contributed by atoms with Crippen molar-refractivity contribution in [1.82, 2.24) is 10.9 Å². The van der Waals surface area contributed by atoms with Crippen molar-refractivity contribution in [2.24, 2.45) is 5.92 Å². The Balaban J connectivity index is 1.55. The molecule has 2 amide bonds. The van der Waals surface area contributed by atoms with Crippen molar-refractivity contribution in [3.05, 3.63) is 54.3 Å². The van der Waals surface area contributed by atoms with Gasteiger partial charge in [0, 0.05) is 18.7 Å². The van der Waals surface area contributed by atoms with Crippen LogP contribution in [0.3, 0.4) is 0 Å². The van der Waals surface area contributed by atoms with Crippen LogP contribution in [0.15, 0.2) is 48.5 Å². The predicted molar refractivity (Wildman–Crippen MR) is 112 cm³/mol. The largest absolute Gasteiger partial charge is 0.492 e. The van der Waals surface area contributed by atoms with Crippen molar-refractivity contribution in [2.75, 3.05) is 23.4 Å². The van der Waals surface area contributed by atoms with Gasteiger partial charge in [0.1, 0.15) is 11.6 Å². The second kappa shape index (κ2) is 9.33. The molecule has 7 nitrogen and oxygen atoms in total. The number of nitrogens with one attached hydrogen (secondary N) is 3. The van der Waals surface area contributed by atoms with E-state index < -0.39 is 5.92 Å². The molecule has 3 N–H and O–H groups in total. The maximum absolute atomic E-state index is 12.9. The highest BCUT2D eigenvalue weighted by molar-refractivity contribution is 7.80. The van der Waals surface area contributed by atoms with E-state index >= 15 is 0 Å². The Hall–Kier alpha value is -3.20. The van der Waals surface area contributed by atoms with Gasteiger partial charge in [0.15, 0.2) is 5.11 Å². The summed E-state index contributed by atoms with van der Waals surface area (Å²) in [5.41, 5.74) is 6.33. The predicted octanol–water partition coefficient (Wildman–Crippen LogP) is 2.60. The molecular weight excluding hydrogens is 395 g/mol. The number of carbonyl (C=O) groups excluding carboxylic acids is 2. The Morgan fingerprint density at radius 3 is 2.66 bits per heavy atom. The molecule has 0 aromatic heterocycles. The summed E-state index contributed by atoms with van der Waals surface area (Å²) in [6, 6.07) is 12.9. The number of anilines is 2. The summed E-state index contributed by atoms with van der Waals surface area (Å²) >= 11 is 5.11. The van der Waals surface area contributed by atoms with Crippen LogP contribution in [0.2, 0.25) is 0 Å². The number of hydrazine groups is 1. The van der Waals surface area contributed by atoms with Gasteiger partial charge in [-0.1, -0.05) is 12.1 Å². The van der Waals surface area contributed by atoms with E-state index in [1.807, 2.05) is 19.1 Å². The van der Waals surface area contributed by atoms with E-state index in [2.05, 4.69) is 16.2 Å². The van der Waals surface area contributed by atoms with E-state index in [9.17, 15) is 14.0 Å². The fraction of sp³-hybridized carbons (Fsp3) is 0.250. The molecule has 0 radical (unpaired) electrons. The molecule has 1 aliphatic heterocycles. The van der Waals surface area contributed by atoms with Crippen molar-refractivity contribution < 1.29 is 18.7 Å². The molecule has 1 saturated heterocycles. The van der Waals surface area contributed by atoms with Crippen LogP contribution in [0, 0.1) is 11.7 Å². The molecule has 152 valence electrons. The lowest BCUT2D eigenvalue weighted by molar-refractivity contribution is -0.126. The fourth-order valence-electron chi connectivity index (χ4n) is 2.99. The number of ether oxygens (including phenoxy) is 1. The Labute approximate surface area is 173 Å². The minimum atomic E-state index is -0.529. The van der Waals surface area contributed by atoms with Crippen LogP contribution in [0.5, 0.6) is 5.75 Å². The number of halogens is 1. The van der Waals surface area contributed by atoms with E-state index in [1.54, 1.807) is 17.0 Å². The van der Waals surface area contributed by atoms with Gasteiger partial charge in [0.05, 0.1) is 18.2 Å². The van der Waals surface area contributed by atoms with Crippen LogP contribution < -0.4 is 25.8 Å². The lowest BCUT2D eigenvalue weighted by Gasteiger charge is -2.20. The molecule has 1 fully saturated rings. The maximum Gasteiger partial charge on any atom is 0.243 e. The summed E-state index contributed by atoms with van der Waals surface area (Å²) in [5.74, 6) is -0.781. The number of nitrogens with zero attached hydrogens (tertiary/aromatic N) is 1. The first-order valence-electron chi connectivity index (χ1n) is 9.12. The van der Waals surface area contributed by atoms with Crippen molar-refractivity contribution in [3.63, 3.8) is 0 Å². The van der Waals surface area contributed by atoms with Gasteiger partial charge >= 0.3 is 0 Å². The molecule has 0 saturated carbocycles. The lowest BCUT2D eigenvalue weighted by atomic mass is 10.1. The zero-order chi connectivity index (χ0) is 20.8. The third-order valence-corrected chi connectivity index (χ3v) is 4.56. The first-order chi connectivity index (χ1) is 14.0. The van der Waals surface area contributed by atoms with Gasteiger partial charge in [-0.25, -0.2) is 4.39 Å². The number of amides is 2. The Kier molecular flexibility index (Phi) is 6.61. The molecule has 2 aromatic carbocycles. The smallest absolute Gasteiger partial charge is 0.243 e. The summed E-state index contributed by atoms with van der Waals surface area (Å²) in [6.45, 7) is 2.59. The van der Waals surface area contributed by atoms with Gasteiger partial charge in [0.25, 0.3) is 0 Å². The second-order valence-electron chi connectivity index (χ2n) is 6.38. The lowest BCUT2D eigenvalue weighted by Crippen LogP contribution is -2.46. The number of hydrogen-bond donors (Lipinski definition) is 3. The summed E-state index contributed by atoms with van der Waals surface area (Å²) in [7, 11) is 0. The number of carbonyl (C=O) groups is 2. The molecule has 3 rings (SSSR count). The molecule has 0 aliphatic carbocycles. The zero-order valence-electron chi connectivity index (χ0n) is 15.8. The normalized spacial score (nSPS) is 15.7. The third kappa shape index (κ3) is 5.20. The number of benzene rings is 2. The van der Waals surface area contributed by atoms with Crippen LogP contribution in [0.1, 0.15) is 13.3 Å². The standard InChI is InChI=1S/C20H21FN4O3S/c1-2-28-17-6-4-3-5-16(17)25-12-13(11-18(25)26)19(27)23-24-20(29)22-15-9-7-14(21)8-10-15/h3-10,13H,2,11-12H2,1H3,(H,23,27)(H2,22,24,29)/t13-/m0/s1. The molecular formula is C20H21FN4O3S. The van der Waals surface area contributed by atoms with Crippen LogP contribution in [0.4, 0.5) is 15.8 Å². The summed E-state index contributed by atoms with van der Waals surface area (Å²) < 4.78 is 18.5. The monoisotopic (exact) mass is 416 g/mol. The van der Waals surface area contributed by atoms with Crippen molar-refractivity contribution in [3.8, 4) is 5.75 Å². The minimum Gasteiger partial charge on any atom is -0.492 e. The molecule has 0 bridgehead atoms. The van der Waals surface area contributed by atoms with Gasteiger partial charge in [-0.3, -0.25) is 20.4 Å². The highest BCUT2D eigenvalue weighted by Crippen LogP contribution is 2.33. The van der Waals surface area contributed by atoms with Crippen molar-refractivity contribution in [1.29, 1.82) is 0 Å². The van der Waals surface area contributed by atoms with Crippen LogP contribution in [0.25, 0.3) is 0 Å². The maximum atomic E-state index is 12.9. The zero-order valence-corrected chi connectivity index (χ0v) is 16.6. The van der Waals surface area contributed by atoms with Gasteiger partial charge in [-0.05, 0) is 55.5 Å². The first kappa shape index (κ1) is 20.5. The van der Waals surface area contributed by atoms with Gasteiger partial charge in [-0.2, -0.15) is 0 Å². The van der Waals surface area contributed by atoms with E-state index in [4.69, 9.17) is 17.0 Å². The van der Waals surface area contributed by atoms with Crippen LogP contribution >= 0.6 is 12.2 Å². The van der Waals surface area contributed by atoms with Crippen LogP contribution in [-0.4, -0.2) is 30.1 Å². The second-order valence-corrected chi connectivity index (χ2v) is 6.79. The molecule has 0 unspecified atom stereocenters. The van der Waals surface area contributed by atoms with Gasteiger partial charge < -0.3 is 15.0 Å². The van der Waals surface area contributed by atoms with E-state index in [0.717, 1.165) is 0 Å². The molecule has 2 aromatic rings. The van der Waals surface area contributed by atoms with E-state index in [0.29, 0.717) is 23.7 Å².